The number of hydrogen-bond donors (Lipinski definition) is 1. The van der Waals surface area contributed by atoms with Crippen molar-refractivity contribution in [3.05, 3.63) is 35.1 Å². The minimum atomic E-state index is -1.08. The lowest BCUT2D eigenvalue weighted by molar-refractivity contribution is 0.0442. The third kappa shape index (κ3) is 4.50. The second kappa shape index (κ2) is 6.98. The first-order chi connectivity index (χ1) is 8.15. The van der Waals surface area contributed by atoms with Gasteiger partial charge >= 0.3 is 5.97 Å². The molecule has 0 amide bonds. The molecular weight excluding hydrogens is 227 g/mol. The van der Waals surface area contributed by atoms with Gasteiger partial charge in [-0.2, -0.15) is 0 Å². The average Bonchev–Trinajstić information content (AvgIpc) is 2.30. The van der Waals surface area contributed by atoms with Crippen molar-refractivity contribution in [3.8, 4) is 0 Å². The summed E-state index contributed by atoms with van der Waals surface area (Å²) in [5, 5.41) is 8.76. The SMILES string of the molecule is CCOCCOCc1cc(C(=O)O)ccc1F. The fourth-order valence-electron chi connectivity index (χ4n) is 1.26. The van der Waals surface area contributed by atoms with Crippen molar-refractivity contribution in [2.75, 3.05) is 19.8 Å². The molecule has 17 heavy (non-hydrogen) atoms. The first-order valence-corrected chi connectivity index (χ1v) is 5.32. The van der Waals surface area contributed by atoms with Gasteiger partial charge in [-0.3, -0.25) is 0 Å². The van der Waals surface area contributed by atoms with E-state index in [0.717, 1.165) is 6.07 Å². The van der Waals surface area contributed by atoms with Gasteiger partial charge in [-0.25, -0.2) is 9.18 Å². The van der Waals surface area contributed by atoms with Crippen molar-refractivity contribution in [2.24, 2.45) is 0 Å². The minimum Gasteiger partial charge on any atom is -0.478 e. The Balaban J connectivity index is 2.51. The molecule has 0 heterocycles. The lowest BCUT2D eigenvalue weighted by Crippen LogP contribution is -2.06. The Morgan fingerprint density at radius 3 is 2.71 bits per heavy atom. The van der Waals surface area contributed by atoms with Crippen LogP contribution in [0.2, 0.25) is 0 Å². The van der Waals surface area contributed by atoms with E-state index in [1.165, 1.54) is 12.1 Å². The Bertz CT molecular complexity index is 379. The molecule has 1 aromatic rings. The average molecular weight is 242 g/mol. The first kappa shape index (κ1) is 13.6. The summed E-state index contributed by atoms with van der Waals surface area (Å²) in [5.41, 5.74) is 0.288. The van der Waals surface area contributed by atoms with Gasteiger partial charge in [-0.15, -0.1) is 0 Å². The molecule has 0 atom stereocenters. The van der Waals surface area contributed by atoms with E-state index in [0.29, 0.717) is 19.8 Å². The summed E-state index contributed by atoms with van der Waals surface area (Å²) in [5.74, 6) is -1.55. The predicted octanol–water partition coefficient (Wildman–Crippen LogP) is 2.08. The highest BCUT2D eigenvalue weighted by Gasteiger charge is 2.08. The maximum Gasteiger partial charge on any atom is 0.335 e. The fourth-order valence-corrected chi connectivity index (χ4v) is 1.26. The number of rotatable bonds is 7. The molecule has 0 aliphatic carbocycles. The third-order valence-electron chi connectivity index (χ3n) is 2.13. The Labute approximate surface area is 99.0 Å². The summed E-state index contributed by atoms with van der Waals surface area (Å²) >= 11 is 0. The monoisotopic (exact) mass is 242 g/mol. The van der Waals surface area contributed by atoms with Crippen molar-refractivity contribution in [1.82, 2.24) is 0 Å². The van der Waals surface area contributed by atoms with Gasteiger partial charge in [-0.1, -0.05) is 0 Å². The molecule has 1 rings (SSSR count). The van der Waals surface area contributed by atoms with Crippen LogP contribution in [0.1, 0.15) is 22.8 Å². The van der Waals surface area contributed by atoms with Crippen molar-refractivity contribution in [1.29, 1.82) is 0 Å². The number of benzene rings is 1. The van der Waals surface area contributed by atoms with E-state index < -0.39 is 11.8 Å². The molecule has 0 aromatic heterocycles. The molecule has 5 heteroatoms. The number of carboxylic acid groups (broad SMARTS) is 1. The van der Waals surface area contributed by atoms with Crippen LogP contribution in [0.25, 0.3) is 0 Å². The van der Waals surface area contributed by atoms with Gasteiger partial charge in [0, 0.05) is 12.2 Å². The van der Waals surface area contributed by atoms with E-state index in [-0.39, 0.29) is 17.7 Å². The van der Waals surface area contributed by atoms with E-state index in [1.807, 2.05) is 6.92 Å². The van der Waals surface area contributed by atoms with Crippen molar-refractivity contribution in [3.63, 3.8) is 0 Å². The molecule has 0 aliphatic heterocycles. The summed E-state index contributed by atoms with van der Waals surface area (Å²) in [6, 6.07) is 3.63. The molecule has 0 aliphatic rings. The molecule has 1 N–H and O–H groups in total. The summed E-state index contributed by atoms with van der Waals surface area (Å²) in [4.78, 5) is 10.7. The Kier molecular flexibility index (Phi) is 5.59. The minimum absolute atomic E-state index is 0.0417. The number of carbonyl (C=O) groups is 1. The molecular formula is C12H15FO4. The van der Waals surface area contributed by atoms with Gasteiger partial charge < -0.3 is 14.6 Å². The van der Waals surface area contributed by atoms with Gasteiger partial charge in [0.05, 0.1) is 25.4 Å². The lowest BCUT2D eigenvalue weighted by atomic mass is 10.1. The maximum absolute atomic E-state index is 13.3. The van der Waals surface area contributed by atoms with E-state index in [1.54, 1.807) is 0 Å². The lowest BCUT2D eigenvalue weighted by Gasteiger charge is -2.06. The highest BCUT2D eigenvalue weighted by atomic mass is 19.1. The van der Waals surface area contributed by atoms with Crippen LogP contribution in [-0.2, 0) is 16.1 Å². The molecule has 94 valence electrons. The molecule has 0 saturated heterocycles. The van der Waals surface area contributed by atoms with Crippen LogP contribution < -0.4 is 0 Å². The van der Waals surface area contributed by atoms with Crippen molar-refractivity contribution < 1.29 is 23.8 Å². The van der Waals surface area contributed by atoms with Gasteiger partial charge in [-0.05, 0) is 25.1 Å². The van der Waals surface area contributed by atoms with E-state index in [2.05, 4.69) is 0 Å². The second-order valence-corrected chi connectivity index (χ2v) is 3.36. The first-order valence-electron chi connectivity index (χ1n) is 5.32. The van der Waals surface area contributed by atoms with Crippen LogP contribution in [0, 0.1) is 5.82 Å². The topological polar surface area (TPSA) is 55.8 Å². The van der Waals surface area contributed by atoms with Crippen LogP contribution in [0.4, 0.5) is 4.39 Å². The largest absolute Gasteiger partial charge is 0.478 e. The van der Waals surface area contributed by atoms with Gasteiger partial charge in [0.15, 0.2) is 0 Å². The van der Waals surface area contributed by atoms with Gasteiger partial charge in [0.25, 0.3) is 0 Å². The molecule has 0 saturated carbocycles. The smallest absolute Gasteiger partial charge is 0.335 e. The van der Waals surface area contributed by atoms with Crippen LogP contribution in [0.15, 0.2) is 18.2 Å². The number of aromatic carboxylic acids is 1. The van der Waals surface area contributed by atoms with Crippen molar-refractivity contribution >= 4 is 5.97 Å². The summed E-state index contributed by atoms with van der Waals surface area (Å²) in [6.45, 7) is 3.31. The van der Waals surface area contributed by atoms with Crippen LogP contribution in [0.5, 0.6) is 0 Å². The summed E-state index contributed by atoms with van der Waals surface area (Å²) in [7, 11) is 0. The quantitative estimate of drug-likeness (QED) is 0.744. The Morgan fingerprint density at radius 2 is 2.06 bits per heavy atom. The van der Waals surface area contributed by atoms with Crippen LogP contribution >= 0.6 is 0 Å². The molecule has 0 unspecified atom stereocenters. The summed E-state index contributed by atoms with van der Waals surface area (Å²) in [6.07, 6.45) is 0. The standard InChI is InChI=1S/C12H15FO4/c1-2-16-5-6-17-8-10-7-9(12(14)15)3-4-11(10)13/h3-4,7H,2,5-6,8H2,1H3,(H,14,15). The molecule has 4 nitrogen and oxygen atoms in total. The third-order valence-corrected chi connectivity index (χ3v) is 2.13. The molecule has 0 fully saturated rings. The Morgan fingerprint density at radius 1 is 1.35 bits per heavy atom. The molecule has 0 radical (unpaired) electrons. The highest BCUT2D eigenvalue weighted by molar-refractivity contribution is 5.87. The zero-order valence-electron chi connectivity index (χ0n) is 9.61. The maximum atomic E-state index is 13.3. The normalized spacial score (nSPS) is 10.5. The van der Waals surface area contributed by atoms with Gasteiger partial charge in [0.2, 0.25) is 0 Å². The predicted molar refractivity (Wildman–Crippen MR) is 59.5 cm³/mol. The number of hydrogen-bond acceptors (Lipinski definition) is 3. The van der Waals surface area contributed by atoms with Crippen LogP contribution in [0.3, 0.4) is 0 Å². The molecule has 1 aromatic carbocycles. The van der Waals surface area contributed by atoms with Gasteiger partial charge in [0.1, 0.15) is 5.82 Å². The Hall–Kier alpha value is -1.46. The zero-order chi connectivity index (χ0) is 12.7. The van der Waals surface area contributed by atoms with E-state index in [9.17, 15) is 9.18 Å². The van der Waals surface area contributed by atoms with E-state index in [4.69, 9.17) is 14.6 Å². The fraction of sp³-hybridized carbons (Fsp3) is 0.417. The number of carboxylic acids is 1. The molecule has 0 bridgehead atoms. The van der Waals surface area contributed by atoms with Crippen LogP contribution in [-0.4, -0.2) is 30.9 Å². The number of ether oxygens (including phenoxy) is 2. The zero-order valence-corrected chi connectivity index (χ0v) is 9.61. The number of halogens is 1. The van der Waals surface area contributed by atoms with E-state index >= 15 is 0 Å². The van der Waals surface area contributed by atoms with Crippen molar-refractivity contribution in [2.45, 2.75) is 13.5 Å². The summed E-state index contributed by atoms with van der Waals surface area (Å²) < 4.78 is 23.5. The highest BCUT2D eigenvalue weighted by Crippen LogP contribution is 2.12. The second-order valence-electron chi connectivity index (χ2n) is 3.36. The molecule has 0 spiro atoms.